The zero-order valence-electron chi connectivity index (χ0n) is 25.6. The molecule has 0 radical (unpaired) electrons. The molecule has 1 N–H and O–H groups in total. The van der Waals surface area contributed by atoms with Gasteiger partial charge in [-0.25, -0.2) is 13.2 Å². The number of nitrogens with zero attached hydrogens (tertiary/aromatic N) is 3. The lowest BCUT2D eigenvalue weighted by molar-refractivity contribution is -0.111. The van der Waals surface area contributed by atoms with Crippen molar-refractivity contribution in [2.24, 2.45) is 0 Å². The van der Waals surface area contributed by atoms with E-state index >= 15 is 0 Å². The predicted molar refractivity (Wildman–Crippen MR) is 177 cm³/mol. The molecule has 10 nitrogen and oxygen atoms in total. The van der Waals surface area contributed by atoms with Gasteiger partial charge in [0.1, 0.15) is 10.7 Å². The summed E-state index contributed by atoms with van der Waals surface area (Å²) in [5, 5.41) is 12.9. The van der Waals surface area contributed by atoms with Crippen molar-refractivity contribution in [3.05, 3.63) is 109 Å². The molecule has 1 amide bonds. The van der Waals surface area contributed by atoms with E-state index in [9.17, 15) is 28.1 Å². The van der Waals surface area contributed by atoms with E-state index in [4.69, 9.17) is 4.74 Å². The van der Waals surface area contributed by atoms with Gasteiger partial charge in [0.2, 0.25) is 10.0 Å². The monoisotopic (exact) mass is 656 g/mol. The molecule has 0 bridgehead atoms. The Kier molecular flexibility index (Phi) is 9.67. The molecule has 0 saturated carbocycles. The number of thiazole rings is 1. The molecule has 12 heteroatoms. The first-order valence-corrected chi connectivity index (χ1v) is 16.9. The van der Waals surface area contributed by atoms with E-state index in [0.717, 1.165) is 41.7 Å². The van der Waals surface area contributed by atoms with E-state index in [1.165, 1.54) is 34.2 Å². The average Bonchev–Trinajstić information content (AvgIpc) is 3.37. The highest BCUT2D eigenvalue weighted by molar-refractivity contribution is 7.89. The second kappa shape index (κ2) is 13.7. The Morgan fingerprint density at radius 2 is 1.70 bits per heavy atom. The van der Waals surface area contributed by atoms with E-state index in [-0.39, 0.29) is 25.4 Å². The van der Waals surface area contributed by atoms with E-state index in [2.05, 4.69) is 5.32 Å². The van der Waals surface area contributed by atoms with E-state index in [1.807, 2.05) is 26.0 Å². The molecule has 4 aromatic rings. The number of piperidine rings is 1. The number of sulfonamides is 1. The molecule has 236 valence electrons. The lowest BCUT2D eigenvalue weighted by atomic mass is 10.1. The van der Waals surface area contributed by atoms with Crippen LogP contribution in [-0.2, 0) is 19.6 Å². The molecule has 0 unspecified atom stereocenters. The highest BCUT2D eigenvalue weighted by Gasteiger charge is 2.26. The maximum atomic E-state index is 13.9. The number of carbonyl (C=O) groups is 2. The van der Waals surface area contributed by atoms with Crippen LogP contribution in [0.2, 0.25) is 0 Å². The third-order valence-corrected chi connectivity index (χ3v) is 10.9. The van der Waals surface area contributed by atoms with Crippen LogP contribution in [0.1, 0.15) is 46.3 Å². The normalized spacial score (nSPS) is 14.8. The van der Waals surface area contributed by atoms with Gasteiger partial charge in [0.25, 0.3) is 11.5 Å². The maximum Gasteiger partial charge on any atom is 0.337 e. The number of methoxy groups -OCH3 is 1. The van der Waals surface area contributed by atoms with Gasteiger partial charge in [-0.1, -0.05) is 36.8 Å². The second-order valence-corrected chi connectivity index (χ2v) is 13.8. The summed E-state index contributed by atoms with van der Waals surface area (Å²) in [5.74, 6) is -1.28. The number of benzene rings is 3. The van der Waals surface area contributed by atoms with Crippen molar-refractivity contribution < 1.29 is 22.7 Å². The molecule has 3 aromatic carbocycles. The molecule has 1 saturated heterocycles. The van der Waals surface area contributed by atoms with Crippen molar-refractivity contribution in [2.45, 2.75) is 38.0 Å². The molecule has 0 atom stereocenters. The van der Waals surface area contributed by atoms with Gasteiger partial charge in [-0.05, 0) is 85.9 Å². The van der Waals surface area contributed by atoms with Crippen LogP contribution >= 0.6 is 11.3 Å². The molecule has 46 heavy (non-hydrogen) atoms. The summed E-state index contributed by atoms with van der Waals surface area (Å²) in [6.07, 6.45) is 4.18. The number of hydrogen-bond donors (Lipinski definition) is 1. The number of hydrogen-bond acceptors (Lipinski definition) is 8. The number of aryl methyl sites for hydroxylation is 1. The lowest BCUT2D eigenvalue weighted by Crippen LogP contribution is -2.35. The molecule has 1 aliphatic rings. The number of rotatable bonds is 7. The Bertz CT molecular complexity index is 2150. The van der Waals surface area contributed by atoms with E-state index < -0.39 is 27.5 Å². The molecular weight excluding hydrogens is 625 g/mol. The number of esters is 1. The summed E-state index contributed by atoms with van der Waals surface area (Å²) >= 11 is 0.983. The van der Waals surface area contributed by atoms with Crippen LogP contribution in [0.4, 0.5) is 5.69 Å². The summed E-state index contributed by atoms with van der Waals surface area (Å²) in [5.41, 5.74) is 2.67. The van der Waals surface area contributed by atoms with Crippen LogP contribution in [0.5, 0.6) is 0 Å². The highest BCUT2D eigenvalue weighted by Crippen LogP contribution is 2.23. The Balaban J connectivity index is 1.62. The van der Waals surface area contributed by atoms with Gasteiger partial charge < -0.3 is 10.1 Å². The first-order chi connectivity index (χ1) is 22.0. The molecule has 1 aliphatic heterocycles. The molecule has 2 heterocycles. The Morgan fingerprint density at radius 1 is 1.00 bits per heavy atom. The number of nitrogens with one attached hydrogen (secondary N) is 1. The Morgan fingerprint density at radius 3 is 2.37 bits per heavy atom. The number of ether oxygens (including phenoxy) is 1. The fourth-order valence-corrected chi connectivity index (χ4v) is 7.87. The quantitative estimate of drug-likeness (QED) is 0.300. The smallest absolute Gasteiger partial charge is 0.337 e. The highest BCUT2D eigenvalue weighted by atomic mass is 32.2. The Hall–Kier alpha value is -4.83. The predicted octanol–water partition coefficient (Wildman–Crippen LogP) is 3.62. The van der Waals surface area contributed by atoms with Crippen molar-refractivity contribution in [1.29, 1.82) is 5.26 Å². The summed E-state index contributed by atoms with van der Waals surface area (Å²) < 4.78 is 34.4. The van der Waals surface area contributed by atoms with Gasteiger partial charge in [-0.2, -0.15) is 9.57 Å². The lowest BCUT2D eigenvalue weighted by Gasteiger charge is -2.26. The van der Waals surface area contributed by atoms with Crippen molar-refractivity contribution in [2.75, 3.05) is 25.5 Å². The first kappa shape index (κ1) is 32.6. The number of nitriles is 1. The van der Waals surface area contributed by atoms with Gasteiger partial charge in [-0.15, -0.1) is 11.3 Å². The summed E-state index contributed by atoms with van der Waals surface area (Å²) in [6, 6.07) is 19.8. The topological polar surface area (TPSA) is 139 Å². The van der Waals surface area contributed by atoms with Gasteiger partial charge >= 0.3 is 5.97 Å². The standard InChI is InChI=1S/C34H32N4O6S2/c1-22-9-7-12-29(23(22)2)38-32(40)30(19-24-13-15-25(16-14-24)34(41)44-3)45-33(38)28(21-35)31(39)36-26-10-8-11-27(20-26)46(42,43)37-17-5-4-6-18-37/h7-16,19-20H,4-6,17-18H2,1-3H3,(H,36,39)/b30-19+,33-28+. The van der Waals surface area contributed by atoms with Crippen LogP contribution in [0.25, 0.3) is 17.3 Å². The largest absolute Gasteiger partial charge is 0.465 e. The molecule has 1 fully saturated rings. The minimum absolute atomic E-state index is 0.0456. The fourth-order valence-electron chi connectivity index (χ4n) is 5.21. The number of aromatic nitrogens is 1. The number of carbonyl (C=O) groups excluding carboxylic acids is 2. The summed E-state index contributed by atoms with van der Waals surface area (Å²) in [7, 11) is -2.46. The zero-order valence-corrected chi connectivity index (χ0v) is 27.2. The van der Waals surface area contributed by atoms with Crippen LogP contribution in [-0.4, -0.2) is 49.4 Å². The van der Waals surface area contributed by atoms with Crippen molar-refractivity contribution in [1.82, 2.24) is 8.87 Å². The van der Waals surface area contributed by atoms with Gasteiger partial charge in [-0.3, -0.25) is 14.2 Å². The second-order valence-electron chi connectivity index (χ2n) is 10.8. The SMILES string of the molecule is COC(=O)c1ccc(/C=c2/s/c(=C(\C#N)C(=O)Nc3cccc(S(=O)(=O)N4CCCCC4)c3)n(-c3cccc(C)c3C)c2=O)cc1. The fraction of sp³-hybridized carbons (Fsp3) is 0.235. The minimum atomic E-state index is -3.75. The maximum absolute atomic E-state index is 13.9. The van der Waals surface area contributed by atoms with Crippen molar-refractivity contribution in [3.8, 4) is 11.8 Å². The van der Waals surface area contributed by atoms with E-state index in [1.54, 1.807) is 48.5 Å². The van der Waals surface area contributed by atoms with Crippen molar-refractivity contribution in [3.63, 3.8) is 0 Å². The molecule has 0 spiro atoms. The van der Waals surface area contributed by atoms with Gasteiger partial charge in [0, 0.05) is 18.8 Å². The minimum Gasteiger partial charge on any atom is -0.465 e. The summed E-state index contributed by atoms with van der Waals surface area (Å²) in [6.45, 7) is 4.63. The number of anilines is 1. The van der Waals surface area contributed by atoms with Gasteiger partial charge in [0.15, 0.2) is 5.57 Å². The summed E-state index contributed by atoms with van der Waals surface area (Å²) in [4.78, 5) is 39.5. The molecule has 0 aliphatic carbocycles. The first-order valence-electron chi connectivity index (χ1n) is 14.6. The third kappa shape index (κ3) is 6.57. The van der Waals surface area contributed by atoms with Gasteiger partial charge in [0.05, 0.1) is 27.8 Å². The van der Waals surface area contributed by atoms with Crippen LogP contribution in [0.15, 0.2) is 76.4 Å². The van der Waals surface area contributed by atoms with Crippen LogP contribution in [0.3, 0.4) is 0 Å². The zero-order chi connectivity index (χ0) is 33.0. The third-order valence-electron chi connectivity index (χ3n) is 7.87. The van der Waals surface area contributed by atoms with Crippen molar-refractivity contribution >= 4 is 50.6 Å². The number of amides is 1. The Labute approximate surface area is 270 Å². The molecule has 1 aromatic heterocycles. The van der Waals surface area contributed by atoms with E-state index in [0.29, 0.717) is 29.9 Å². The molecular formula is C34H32N4O6S2. The molecule has 5 rings (SSSR count). The van der Waals surface area contributed by atoms with Crippen LogP contribution in [0, 0.1) is 25.2 Å². The van der Waals surface area contributed by atoms with Crippen LogP contribution < -0.4 is 20.1 Å². The average molecular weight is 657 g/mol.